The lowest BCUT2D eigenvalue weighted by Crippen LogP contribution is -1.80. The van der Waals surface area contributed by atoms with E-state index in [4.69, 9.17) is 5.73 Å². The van der Waals surface area contributed by atoms with Gasteiger partial charge in [0.2, 0.25) is 0 Å². The molecule has 2 aromatic rings. The van der Waals surface area contributed by atoms with Gasteiger partial charge in [-0.05, 0) is 28.1 Å². The van der Waals surface area contributed by atoms with Crippen molar-refractivity contribution in [2.75, 3.05) is 5.73 Å². The Hall–Kier alpha value is -0.0600. The molecule has 0 aliphatic heterocycles. The van der Waals surface area contributed by atoms with Crippen LogP contribution in [0.3, 0.4) is 0 Å². The summed E-state index contributed by atoms with van der Waals surface area (Å²) in [6.07, 6.45) is 0. The number of nitrogens with two attached hydrogens (primary N) is 1. The van der Waals surface area contributed by atoms with Gasteiger partial charge in [-0.3, -0.25) is 0 Å². The van der Waals surface area contributed by atoms with Crippen molar-refractivity contribution in [3.8, 4) is 0 Å². The predicted molar refractivity (Wildman–Crippen MR) is 61.6 cm³/mol. The zero-order chi connectivity index (χ0) is 8.72. The van der Waals surface area contributed by atoms with Crippen LogP contribution in [0.25, 0.3) is 10.1 Å². The van der Waals surface area contributed by atoms with Crippen molar-refractivity contribution in [2.24, 2.45) is 0 Å². The van der Waals surface area contributed by atoms with Crippen LogP contribution in [-0.4, -0.2) is 0 Å². The van der Waals surface area contributed by atoms with Gasteiger partial charge in [0.25, 0.3) is 0 Å². The molecule has 1 heterocycles. The molecule has 0 atom stereocenters. The van der Waals surface area contributed by atoms with Gasteiger partial charge in [-0.2, -0.15) is 0 Å². The molecule has 0 radical (unpaired) electrons. The minimum absolute atomic E-state index is 0.836. The molecule has 0 saturated carbocycles. The van der Waals surface area contributed by atoms with Gasteiger partial charge in [-0.25, -0.2) is 0 Å². The van der Waals surface area contributed by atoms with Gasteiger partial charge in [0.05, 0.1) is 9.47 Å². The Morgan fingerprint density at radius 2 is 2.00 bits per heavy atom. The molecule has 0 fully saturated rings. The van der Waals surface area contributed by atoms with Crippen LogP contribution in [0.1, 0.15) is 0 Å². The van der Waals surface area contributed by atoms with Crippen molar-refractivity contribution in [2.45, 2.75) is 0 Å². The predicted octanol–water partition coefficient (Wildman–Crippen LogP) is 4.01. The van der Waals surface area contributed by atoms with E-state index < -0.39 is 0 Å². The Balaban J connectivity index is 2.87. The minimum atomic E-state index is 0.836. The first kappa shape index (κ1) is 8.53. The van der Waals surface area contributed by atoms with E-state index in [9.17, 15) is 0 Å². The summed E-state index contributed by atoms with van der Waals surface area (Å²) >= 11 is 8.48. The van der Waals surface area contributed by atoms with Crippen LogP contribution in [0.2, 0.25) is 0 Å². The SMILES string of the molecule is Nc1c(Br)sc2cc(Br)ccc12. The van der Waals surface area contributed by atoms with Crippen molar-refractivity contribution >= 4 is 59.0 Å². The van der Waals surface area contributed by atoms with Crippen LogP contribution in [-0.2, 0) is 0 Å². The molecule has 12 heavy (non-hydrogen) atoms. The Morgan fingerprint density at radius 1 is 1.25 bits per heavy atom. The standard InChI is InChI=1S/C8H5Br2NS/c9-4-1-2-5-6(3-4)12-8(10)7(5)11/h1-3H,11H2. The molecule has 0 aliphatic rings. The quantitative estimate of drug-likeness (QED) is 0.782. The fourth-order valence-electron chi connectivity index (χ4n) is 1.06. The molecule has 4 heteroatoms. The molecule has 2 rings (SSSR count). The van der Waals surface area contributed by atoms with E-state index in [1.165, 1.54) is 4.70 Å². The second kappa shape index (κ2) is 3.01. The van der Waals surface area contributed by atoms with Gasteiger partial charge in [0.1, 0.15) is 0 Å². The Labute approximate surface area is 90.8 Å². The first-order chi connectivity index (χ1) is 5.68. The highest BCUT2D eigenvalue weighted by Crippen LogP contribution is 2.38. The summed E-state index contributed by atoms with van der Waals surface area (Å²) in [6.45, 7) is 0. The number of fused-ring (bicyclic) bond motifs is 1. The maximum Gasteiger partial charge on any atom is 0.0940 e. The zero-order valence-corrected chi connectivity index (χ0v) is 9.96. The number of anilines is 1. The lowest BCUT2D eigenvalue weighted by atomic mass is 10.2. The minimum Gasteiger partial charge on any atom is -0.397 e. The topological polar surface area (TPSA) is 26.0 Å². The third-order valence-electron chi connectivity index (χ3n) is 1.65. The fourth-order valence-corrected chi connectivity index (χ4v) is 3.20. The third kappa shape index (κ3) is 1.28. The molecule has 1 nitrogen and oxygen atoms in total. The van der Waals surface area contributed by atoms with Crippen LogP contribution < -0.4 is 5.73 Å². The highest BCUT2D eigenvalue weighted by molar-refractivity contribution is 9.11. The van der Waals surface area contributed by atoms with Gasteiger partial charge < -0.3 is 5.73 Å². The summed E-state index contributed by atoms with van der Waals surface area (Å²) < 4.78 is 3.30. The molecule has 0 amide bonds. The average Bonchev–Trinajstić information content (AvgIpc) is 2.28. The molecular formula is C8H5Br2NS. The summed E-state index contributed by atoms with van der Waals surface area (Å²) in [5, 5.41) is 1.12. The van der Waals surface area contributed by atoms with Crippen molar-refractivity contribution < 1.29 is 0 Å². The Bertz CT molecular complexity index is 436. The van der Waals surface area contributed by atoms with Crippen LogP contribution in [0.5, 0.6) is 0 Å². The van der Waals surface area contributed by atoms with Crippen molar-refractivity contribution in [3.05, 3.63) is 26.5 Å². The number of thiophene rings is 1. The molecule has 0 spiro atoms. The fraction of sp³-hybridized carbons (Fsp3) is 0. The lowest BCUT2D eigenvalue weighted by molar-refractivity contribution is 1.76. The molecular weight excluding hydrogens is 302 g/mol. The van der Waals surface area contributed by atoms with Gasteiger partial charge in [-0.1, -0.05) is 22.0 Å². The normalized spacial score (nSPS) is 10.8. The molecule has 0 saturated heterocycles. The first-order valence-corrected chi connectivity index (χ1v) is 5.72. The monoisotopic (exact) mass is 305 g/mol. The van der Waals surface area contributed by atoms with Crippen molar-refractivity contribution in [1.29, 1.82) is 0 Å². The maximum absolute atomic E-state index is 5.84. The maximum atomic E-state index is 5.84. The molecule has 0 unspecified atom stereocenters. The van der Waals surface area contributed by atoms with E-state index >= 15 is 0 Å². The number of rotatable bonds is 0. The summed E-state index contributed by atoms with van der Waals surface area (Å²) in [6, 6.07) is 6.09. The number of nitrogen functional groups attached to an aromatic ring is 1. The molecule has 0 bridgehead atoms. The van der Waals surface area contributed by atoms with E-state index in [1.807, 2.05) is 12.1 Å². The second-order valence-corrected chi connectivity index (χ2v) is 5.72. The molecule has 1 aromatic heterocycles. The van der Waals surface area contributed by atoms with Crippen molar-refractivity contribution in [1.82, 2.24) is 0 Å². The van der Waals surface area contributed by atoms with Crippen LogP contribution in [0.4, 0.5) is 5.69 Å². The zero-order valence-electron chi connectivity index (χ0n) is 5.97. The number of halogens is 2. The van der Waals surface area contributed by atoms with Crippen molar-refractivity contribution in [3.63, 3.8) is 0 Å². The first-order valence-electron chi connectivity index (χ1n) is 3.31. The summed E-state index contributed by atoms with van der Waals surface area (Å²) in [4.78, 5) is 0. The average molecular weight is 307 g/mol. The Morgan fingerprint density at radius 3 is 2.75 bits per heavy atom. The summed E-state index contributed by atoms with van der Waals surface area (Å²) in [5.74, 6) is 0. The number of hydrogen-bond donors (Lipinski definition) is 1. The van der Waals surface area contributed by atoms with E-state index in [0.717, 1.165) is 19.3 Å². The van der Waals surface area contributed by atoms with E-state index in [0.29, 0.717) is 0 Å². The van der Waals surface area contributed by atoms with Gasteiger partial charge in [0.15, 0.2) is 0 Å². The third-order valence-corrected chi connectivity index (χ3v) is 4.01. The van der Waals surface area contributed by atoms with Crippen LogP contribution >= 0.6 is 43.2 Å². The van der Waals surface area contributed by atoms with E-state index in [2.05, 4.69) is 37.9 Å². The molecule has 1 aromatic carbocycles. The number of hydrogen-bond acceptors (Lipinski definition) is 2. The second-order valence-electron chi connectivity index (χ2n) is 2.43. The Kier molecular flexibility index (Phi) is 2.14. The van der Waals surface area contributed by atoms with E-state index in [1.54, 1.807) is 11.3 Å². The smallest absolute Gasteiger partial charge is 0.0940 e. The van der Waals surface area contributed by atoms with Gasteiger partial charge in [-0.15, -0.1) is 11.3 Å². The highest BCUT2D eigenvalue weighted by Gasteiger charge is 2.05. The van der Waals surface area contributed by atoms with Gasteiger partial charge >= 0.3 is 0 Å². The van der Waals surface area contributed by atoms with Crippen LogP contribution in [0.15, 0.2) is 26.5 Å². The van der Waals surface area contributed by atoms with E-state index in [-0.39, 0.29) is 0 Å². The molecule has 2 N–H and O–H groups in total. The van der Waals surface area contributed by atoms with Gasteiger partial charge in [0, 0.05) is 14.6 Å². The highest BCUT2D eigenvalue weighted by atomic mass is 79.9. The largest absolute Gasteiger partial charge is 0.397 e. The molecule has 62 valence electrons. The lowest BCUT2D eigenvalue weighted by Gasteiger charge is -1.91. The number of benzene rings is 1. The molecule has 0 aliphatic carbocycles. The summed E-state index contributed by atoms with van der Waals surface area (Å²) in [7, 11) is 0. The van der Waals surface area contributed by atoms with Crippen LogP contribution in [0, 0.1) is 0 Å². The summed E-state index contributed by atoms with van der Waals surface area (Å²) in [5.41, 5.74) is 6.67.